The van der Waals surface area contributed by atoms with Crippen LogP contribution in [-0.4, -0.2) is 15.0 Å². The first-order valence-electron chi connectivity index (χ1n) is 6.58. The molecule has 3 N–H and O–H groups in total. The maximum absolute atomic E-state index is 5.54. The van der Waals surface area contributed by atoms with Gasteiger partial charge in [-0.1, -0.05) is 19.1 Å². The molecule has 0 unspecified atom stereocenters. The molecule has 5 nitrogen and oxygen atoms in total. The second-order valence-electron chi connectivity index (χ2n) is 4.47. The average molecular weight is 317 g/mol. The number of thiazole rings is 1. The Hall–Kier alpha value is -1.70. The van der Waals surface area contributed by atoms with E-state index in [-0.39, 0.29) is 0 Å². The minimum absolute atomic E-state index is 0.672. The predicted octanol–water partition coefficient (Wildman–Crippen LogP) is 3.39. The van der Waals surface area contributed by atoms with Gasteiger partial charge in [0.1, 0.15) is 16.7 Å². The largest absolute Gasteiger partial charge is 0.308 e. The average Bonchev–Trinajstić information content (AvgIpc) is 2.91. The van der Waals surface area contributed by atoms with E-state index in [4.69, 9.17) is 5.84 Å². The van der Waals surface area contributed by atoms with Gasteiger partial charge in [-0.15, -0.1) is 11.3 Å². The number of para-hydroxylation sites is 1. The summed E-state index contributed by atoms with van der Waals surface area (Å²) < 4.78 is 2.16. The van der Waals surface area contributed by atoms with E-state index < -0.39 is 0 Å². The Labute approximate surface area is 131 Å². The van der Waals surface area contributed by atoms with Crippen LogP contribution in [0.25, 0.3) is 10.2 Å². The van der Waals surface area contributed by atoms with E-state index in [0.29, 0.717) is 5.82 Å². The summed E-state index contributed by atoms with van der Waals surface area (Å²) in [5, 5.41) is 0.897. The molecule has 0 bridgehead atoms. The molecule has 2 aromatic heterocycles. The van der Waals surface area contributed by atoms with Crippen LogP contribution in [0.5, 0.6) is 0 Å². The summed E-state index contributed by atoms with van der Waals surface area (Å²) in [5.74, 6) is 6.98. The van der Waals surface area contributed by atoms with Gasteiger partial charge in [-0.05, 0) is 30.8 Å². The fourth-order valence-corrected chi connectivity index (χ4v) is 4.00. The lowest BCUT2D eigenvalue weighted by atomic mass is 10.3. The van der Waals surface area contributed by atoms with Crippen LogP contribution in [-0.2, 0) is 6.42 Å². The van der Waals surface area contributed by atoms with Gasteiger partial charge in [0.05, 0.1) is 10.2 Å². The molecule has 0 saturated heterocycles. The Kier molecular flexibility index (Phi) is 4.05. The molecule has 0 atom stereocenters. The van der Waals surface area contributed by atoms with Crippen molar-refractivity contribution in [2.45, 2.75) is 29.6 Å². The monoisotopic (exact) mass is 317 g/mol. The number of nitrogen functional groups attached to an aromatic ring is 1. The Morgan fingerprint density at radius 3 is 2.76 bits per heavy atom. The molecular formula is C14H15N5S2. The van der Waals surface area contributed by atoms with Gasteiger partial charge in [0.15, 0.2) is 4.34 Å². The molecule has 3 rings (SSSR count). The van der Waals surface area contributed by atoms with Crippen LogP contribution < -0.4 is 11.3 Å². The highest BCUT2D eigenvalue weighted by Crippen LogP contribution is 2.36. The third kappa shape index (κ3) is 2.85. The number of hydrogen-bond donors (Lipinski definition) is 2. The summed E-state index contributed by atoms with van der Waals surface area (Å²) in [4.78, 5) is 13.6. The van der Waals surface area contributed by atoms with Crippen LogP contribution >= 0.6 is 23.1 Å². The zero-order chi connectivity index (χ0) is 14.8. The van der Waals surface area contributed by atoms with Crippen molar-refractivity contribution >= 4 is 39.1 Å². The molecule has 108 valence electrons. The highest BCUT2D eigenvalue weighted by Gasteiger charge is 2.13. The number of benzene rings is 1. The normalized spacial score (nSPS) is 11.0. The number of nitrogens with two attached hydrogens (primary N) is 1. The first-order valence-corrected chi connectivity index (χ1v) is 8.22. The van der Waals surface area contributed by atoms with Crippen LogP contribution in [0.15, 0.2) is 33.6 Å². The summed E-state index contributed by atoms with van der Waals surface area (Å²) in [6.07, 6.45) is 0.766. The molecule has 2 heterocycles. The summed E-state index contributed by atoms with van der Waals surface area (Å²) in [6, 6.07) is 8.12. The second kappa shape index (κ2) is 5.97. The third-order valence-electron chi connectivity index (χ3n) is 3.06. The lowest BCUT2D eigenvalue weighted by Crippen LogP contribution is -2.13. The molecule has 0 radical (unpaired) electrons. The van der Waals surface area contributed by atoms with Crippen molar-refractivity contribution in [2.75, 3.05) is 5.43 Å². The van der Waals surface area contributed by atoms with E-state index in [1.807, 2.05) is 32.0 Å². The van der Waals surface area contributed by atoms with E-state index in [1.165, 1.54) is 4.70 Å². The maximum atomic E-state index is 5.54. The number of nitrogens with zero attached hydrogens (tertiary/aromatic N) is 3. The zero-order valence-electron chi connectivity index (χ0n) is 11.8. The van der Waals surface area contributed by atoms with Crippen LogP contribution in [0.1, 0.15) is 18.3 Å². The molecule has 0 fully saturated rings. The van der Waals surface area contributed by atoms with E-state index in [1.54, 1.807) is 23.1 Å². The van der Waals surface area contributed by atoms with Crippen molar-refractivity contribution in [3.05, 3.63) is 35.7 Å². The minimum atomic E-state index is 0.672. The van der Waals surface area contributed by atoms with Crippen LogP contribution in [0.4, 0.5) is 5.82 Å². The highest BCUT2D eigenvalue weighted by atomic mass is 32.2. The van der Waals surface area contributed by atoms with Crippen molar-refractivity contribution in [3.63, 3.8) is 0 Å². The number of aromatic nitrogens is 3. The summed E-state index contributed by atoms with van der Waals surface area (Å²) >= 11 is 3.23. The van der Waals surface area contributed by atoms with Crippen molar-refractivity contribution in [1.82, 2.24) is 15.0 Å². The van der Waals surface area contributed by atoms with Gasteiger partial charge >= 0.3 is 0 Å². The molecule has 0 aliphatic heterocycles. The van der Waals surface area contributed by atoms with Gasteiger partial charge in [0.25, 0.3) is 0 Å². The number of fused-ring (bicyclic) bond motifs is 1. The van der Waals surface area contributed by atoms with Crippen molar-refractivity contribution in [3.8, 4) is 0 Å². The SMILES string of the molecule is CCc1nc(NN)c(C)c(Sc2nc3ccccc3s2)n1. The van der Waals surface area contributed by atoms with Crippen LogP contribution in [0.2, 0.25) is 0 Å². The first-order chi connectivity index (χ1) is 10.2. The number of hydrogen-bond acceptors (Lipinski definition) is 7. The van der Waals surface area contributed by atoms with Gasteiger partial charge in [-0.2, -0.15) is 0 Å². The van der Waals surface area contributed by atoms with Crippen LogP contribution in [0, 0.1) is 6.92 Å². The van der Waals surface area contributed by atoms with Gasteiger partial charge in [-0.3, -0.25) is 0 Å². The fourth-order valence-electron chi connectivity index (χ4n) is 1.92. The van der Waals surface area contributed by atoms with E-state index in [2.05, 4.69) is 26.4 Å². The third-order valence-corrected chi connectivity index (χ3v) is 5.25. The Morgan fingerprint density at radius 2 is 2.05 bits per heavy atom. The smallest absolute Gasteiger partial charge is 0.157 e. The van der Waals surface area contributed by atoms with Gasteiger partial charge in [-0.25, -0.2) is 20.8 Å². The van der Waals surface area contributed by atoms with Crippen molar-refractivity contribution in [1.29, 1.82) is 0 Å². The summed E-state index contributed by atoms with van der Waals surface area (Å²) in [7, 11) is 0. The molecule has 3 aromatic rings. The molecule has 7 heteroatoms. The number of anilines is 1. The molecule has 0 aliphatic rings. The van der Waals surface area contributed by atoms with Crippen LogP contribution in [0.3, 0.4) is 0 Å². The number of hydrazine groups is 1. The molecule has 0 aliphatic carbocycles. The predicted molar refractivity (Wildman–Crippen MR) is 87.7 cm³/mol. The van der Waals surface area contributed by atoms with E-state index in [0.717, 1.165) is 32.7 Å². The topological polar surface area (TPSA) is 76.7 Å². The zero-order valence-corrected chi connectivity index (χ0v) is 13.4. The lowest BCUT2D eigenvalue weighted by Gasteiger charge is -2.09. The van der Waals surface area contributed by atoms with E-state index >= 15 is 0 Å². The van der Waals surface area contributed by atoms with Crippen molar-refractivity contribution < 1.29 is 0 Å². The lowest BCUT2D eigenvalue weighted by molar-refractivity contribution is 0.871. The van der Waals surface area contributed by atoms with E-state index in [9.17, 15) is 0 Å². The maximum Gasteiger partial charge on any atom is 0.157 e. The molecule has 0 saturated carbocycles. The van der Waals surface area contributed by atoms with Gasteiger partial charge < -0.3 is 5.43 Å². The minimum Gasteiger partial charge on any atom is -0.308 e. The Morgan fingerprint density at radius 1 is 1.24 bits per heavy atom. The van der Waals surface area contributed by atoms with Gasteiger partial charge in [0, 0.05) is 12.0 Å². The number of rotatable bonds is 4. The highest BCUT2D eigenvalue weighted by molar-refractivity contribution is 8.01. The summed E-state index contributed by atoms with van der Waals surface area (Å²) in [6.45, 7) is 3.99. The van der Waals surface area contributed by atoms with Crippen molar-refractivity contribution in [2.24, 2.45) is 5.84 Å². The Balaban J connectivity index is 2.00. The quantitative estimate of drug-likeness (QED) is 0.436. The second-order valence-corrected chi connectivity index (χ2v) is 6.73. The standard InChI is InChI=1S/C14H15N5S2/c1-3-11-17-12(19-15)8(2)13(18-11)21-14-16-9-6-4-5-7-10(9)20-14/h4-7H,3,15H2,1-2H3,(H,17,18,19). The fraction of sp³-hybridized carbons (Fsp3) is 0.214. The van der Waals surface area contributed by atoms with Gasteiger partial charge in [0.2, 0.25) is 0 Å². The first kappa shape index (κ1) is 14.2. The summed E-state index contributed by atoms with van der Waals surface area (Å²) in [5.41, 5.74) is 4.60. The molecule has 0 spiro atoms. The molecule has 0 amide bonds. The molecular weight excluding hydrogens is 302 g/mol. The number of aryl methyl sites for hydroxylation is 1. The Bertz CT molecular complexity index is 751. The number of nitrogens with one attached hydrogen (secondary N) is 1. The molecule has 1 aromatic carbocycles. The molecule has 21 heavy (non-hydrogen) atoms.